The number of piperidine rings is 1. The molecule has 0 aromatic carbocycles. The van der Waals surface area contributed by atoms with E-state index in [1.165, 1.54) is 25.0 Å². The maximum absolute atomic E-state index is 4.74. The Hall–Kier alpha value is -2.61. The molecule has 0 spiro atoms. The van der Waals surface area contributed by atoms with E-state index in [4.69, 9.17) is 10.2 Å². The van der Waals surface area contributed by atoms with Crippen molar-refractivity contribution >= 4 is 23.0 Å². The van der Waals surface area contributed by atoms with Gasteiger partial charge in [0.15, 0.2) is 17.3 Å². The zero-order valence-corrected chi connectivity index (χ0v) is 15.1. The average Bonchev–Trinajstić information content (AvgIpc) is 3.28. The maximum Gasteiger partial charge on any atom is 0.177 e. The molecule has 3 aromatic rings. The number of nitrogens with zero attached hydrogens (tertiary/aromatic N) is 7. The van der Waals surface area contributed by atoms with Crippen molar-refractivity contribution in [3.63, 3.8) is 0 Å². The Morgan fingerprint density at radius 1 is 1.00 bits per heavy atom. The molecular formula is C18H24N8. The zero-order chi connectivity index (χ0) is 17.5. The summed E-state index contributed by atoms with van der Waals surface area (Å²) in [6.45, 7) is 5.03. The summed E-state index contributed by atoms with van der Waals surface area (Å²) in [5.74, 6) is 1.87. The van der Waals surface area contributed by atoms with Crippen LogP contribution in [0.4, 0.5) is 17.3 Å². The van der Waals surface area contributed by atoms with Gasteiger partial charge in [-0.15, -0.1) is 5.10 Å². The van der Waals surface area contributed by atoms with E-state index < -0.39 is 0 Å². The highest BCUT2D eigenvalue weighted by molar-refractivity contribution is 5.75. The number of aromatic nitrogens is 5. The second-order valence-corrected chi connectivity index (χ2v) is 7.27. The van der Waals surface area contributed by atoms with Gasteiger partial charge in [0.2, 0.25) is 0 Å². The maximum atomic E-state index is 4.74. The number of anilines is 3. The standard InChI is InChI=1S/C18H24N8/c1-23-9-10-25-14(13-23)11-16(21-25)20-15-12-17(24-6-3-2-4-7-24)22-26-8-5-19-18(15)26/h5,8,11-12H,2-4,6-7,9-10,13H2,1H3,(H,20,21). The topological polar surface area (TPSA) is 66.5 Å². The monoisotopic (exact) mass is 352 g/mol. The summed E-state index contributed by atoms with van der Waals surface area (Å²) < 4.78 is 3.95. The van der Waals surface area contributed by atoms with E-state index >= 15 is 0 Å². The van der Waals surface area contributed by atoms with Gasteiger partial charge < -0.3 is 10.2 Å². The Kier molecular flexibility index (Phi) is 3.77. The predicted octanol–water partition coefficient (Wildman–Crippen LogP) is 2.11. The van der Waals surface area contributed by atoms with Crippen LogP contribution in [0.1, 0.15) is 25.0 Å². The summed E-state index contributed by atoms with van der Waals surface area (Å²) in [6.07, 6.45) is 7.47. The minimum Gasteiger partial charge on any atom is -0.355 e. The first-order valence-electron chi connectivity index (χ1n) is 9.38. The summed E-state index contributed by atoms with van der Waals surface area (Å²) in [4.78, 5) is 9.15. The van der Waals surface area contributed by atoms with Crippen molar-refractivity contribution in [2.24, 2.45) is 0 Å². The summed E-state index contributed by atoms with van der Waals surface area (Å²) in [7, 11) is 2.14. The minimum atomic E-state index is 0.828. The van der Waals surface area contributed by atoms with Crippen LogP contribution in [0.3, 0.4) is 0 Å². The Labute approximate surface area is 152 Å². The molecule has 5 heterocycles. The first-order valence-corrected chi connectivity index (χ1v) is 9.38. The van der Waals surface area contributed by atoms with E-state index in [0.29, 0.717) is 0 Å². The van der Waals surface area contributed by atoms with Gasteiger partial charge in [0.25, 0.3) is 0 Å². The van der Waals surface area contributed by atoms with Crippen LogP contribution in [0.25, 0.3) is 5.65 Å². The molecule has 0 unspecified atom stereocenters. The lowest BCUT2D eigenvalue weighted by molar-refractivity contribution is 0.259. The number of nitrogens with one attached hydrogen (secondary N) is 1. The van der Waals surface area contributed by atoms with Gasteiger partial charge >= 0.3 is 0 Å². The molecule has 1 fully saturated rings. The van der Waals surface area contributed by atoms with Crippen LogP contribution < -0.4 is 10.2 Å². The molecule has 0 aliphatic carbocycles. The molecule has 1 N–H and O–H groups in total. The zero-order valence-electron chi connectivity index (χ0n) is 15.1. The smallest absolute Gasteiger partial charge is 0.177 e. The highest BCUT2D eigenvalue weighted by Crippen LogP contribution is 2.27. The Balaban J connectivity index is 1.49. The van der Waals surface area contributed by atoms with Crippen molar-refractivity contribution < 1.29 is 0 Å². The molecule has 26 heavy (non-hydrogen) atoms. The number of hydrogen-bond acceptors (Lipinski definition) is 6. The quantitative estimate of drug-likeness (QED) is 0.779. The molecule has 3 aromatic heterocycles. The van der Waals surface area contributed by atoms with E-state index in [9.17, 15) is 0 Å². The molecule has 8 nitrogen and oxygen atoms in total. The molecule has 2 aliphatic heterocycles. The third-order valence-electron chi connectivity index (χ3n) is 5.28. The van der Waals surface area contributed by atoms with Crippen molar-refractivity contribution in [1.82, 2.24) is 29.3 Å². The van der Waals surface area contributed by atoms with Crippen LogP contribution in [0.2, 0.25) is 0 Å². The Bertz CT molecular complexity index is 921. The van der Waals surface area contributed by atoms with Crippen LogP contribution in [0.15, 0.2) is 24.5 Å². The predicted molar refractivity (Wildman–Crippen MR) is 101 cm³/mol. The largest absolute Gasteiger partial charge is 0.355 e. The Morgan fingerprint density at radius 3 is 2.77 bits per heavy atom. The molecule has 8 heteroatoms. The Morgan fingerprint density at radius 2 is 1.88 bits per heavy atom. The third-order valence-corrected chi connectivity index (χ3v) is 5.28. The first-order chi connectivity index (χ1) is 12.8. The number of fused-ring (bicyclic) bond motifs is 2. The second kappa shape index (κ2) is 6.28. The lowest BCUT2D eigenvalue weighted by Crippen LogP contribution is -2.30. The number of likely N-dealkylation sites (N-methyl/N-ethyl adjacent to an activating group) is 1. The molecular weight excluding hydrogens is 328 g/mol. The first kappa shape index (κ1) is 15.6. The van der Waals surface area contributed by atoms with Gasteiger partial charge in [0.05, 0.1) is 17.9 Å². The fraction of sp³-hybridized carbons (Fsp3) is 0.500. The van der Waals surface area contributed by atoms with Crippen molar-refractivity contribution in [1.29, 1.82) is 0 Å². The SMILES string of the molecule is CN1CCn2nc(Nc3cc(N4CCCCC4)nn4ccnc34)cc2C1. The van der Waals surface area contributed by atoms with E-state index in [1.54, 1.807) is 6.20 Å². The molecule has 2 aliphatic rings. The summed E-state index contributed by atoms with van der Waals surface area (Å²) in [5.41, 5.74) is 3.02. The van der Waals surface area contributed by atoms with E-state index in [2.05, 4.69) is 44.0 Å². The molecule has 0 atom stereocenters. The van der Waals surface area contributed by atoms with Crippen LogP contribution in [-0.2, 0) is 13.1 Å². The van der Waals surface area contributed by atoms with Crippen LogP contribution in [0.5, 0.6) is 0 Å². The highest BCUT2D eigenvalue weighted by Gasteiger charge is 2.18. The van der Waals surface area contributed by atoms with Crippen LogP contribution >= 0.6 is 0 Å². The highest BCUT2D eigenvalue weighted by atomic mass is 15.4. The normalized spacial score (nSPS) is 18.3. The van der Waals surface area contributed by atoms with Crippen LogP contribution in [0, 0.1) is 0 Å². The summed E-state index contributed by atoms with van der Waals surface area (Å²) in [6, 6.07) is 4.24. The lowest BCUT2D eigenvalue weighted by Gasteiger charge is -2.27. The molecule has 0 bridgehead atoms. The van der Waals surface area contributed by atoms with Gasteiger partial charge in [0.1, 0.15) is 0 Å². The van der Waals surface area contributed by atoms with Gasteiger partial charge in [-0.25, -0.2) is 9.50 Å². The van der Waals surface area contributed by atoms with E-state index in [1.807, 2.05) is 10.7 Å². The van der Waals surface area contributed by atoms with Gasteiger partial charge in [-0.3, -0.25) is 9.58 Å². The molecule has 1 saturated heterocycles. The molecule has 0 radical (unpaired) electrons. The molecule has 136 valence electrons. The van der Waals surface area contributed by atoms with Gasteiger partial charge in [-0.05, 0) is 26.3 Å². The minimum absolute atomic E-state index is 0.828. The van der Waals surface area contributed by atoms with Crippen LogP contribution in [-0.4, -0.2) is 56.0 Å². The fourth-order valence-corrected chi connectivity index (χ4v) is 3.87. The fourth-order valence-electron chi connectivity index (χ4n) is 3.87. The van der Waals surface area contributed by atoms with Crippen molar-refractivity contribution in [2.45, 2.75) is 32.4 Å². The van der Waals surface area contributed by atoms with Gasteiger partial charge in [-0.2, -0.15) is 5.10 Å². The second-order valence-electron chi connectivity index (χ2n) is 7.27. The van der Waals surface area contributed by atoms with Gasteiger partial charge in [0, 0.05) is 50.7 Å². The van der Waals surface area contributed by atoms with Crippen molar-refractivity contribution in [3.05, 3.63) is 30.2 Å². The van der Waals surface area contributed by atoms with Crippen molar-refractivity contribution in [2.75, 3.05) is 36.9 Å². The van der Waals surface area contributed by atoms with E-state index in [0.717, 1.165) is 55.7 Å². The van der Waals surface area contributed by atoms with Gasteiger partial charge in [-0.1, -0.05) is 0 Å². The third kappa shape index (κ3) is 2.80. The lowest BCUT2D eigenvalue weighted by atomic mass is 10.1. The summed E-state index contributed by atoms with van der Waals surface area (Å²) >= 11 is 0. The molecule has 0 saturated carbocycles. The molecule has 5 rings (SSSR count). The number of rotatable bonds is 3. The molecule has 0 amide bonds. The van der Waals surface area contributed by atoms with Crippen molar-refractivity contribution in [3.8, 4) is 0 Å². The number of imidazole rings is 1. The average molecular weight is 352 g/mol. The van der Waals surface area contributed by atoms with E-state index in [-0.39, 0.29) is 0 Å². The number of hydrogen-bond donors (Lipinski definition) is 1. The summed E-state index contributed by atoms with van der Waals surface area (Å²) in [5, 5.41) is 12.9.